The van der Waals surface area contributed by atoms with Crippen molar-refractivity contribution in [2.75, 3.05) is 0 Å². The molecule has 2 aromatic rings. The fourth-order valence-corrected chi connectivity index (χ4v) is 2.34. The van der Waals surface area contributed by atoms with Gasteiger partial charge in [0.1, 0.15) is 11.6 Å². The van der Waals surface area contributed by atoms with Crippen molar-refractivity contribution < 1.29 is 8.81 Å². The van der Waals surface area contributed by atoms with E-state index in [1.54, 1.807) is 24.5 Å². The van der Waals surface area contributed by atoms with Gasteiger partial charge in [-0.15, -0.1) is 0 Å². The summed E-state index contributed by atoms with van der Waals surface area (Å²) < 4.78 is 19.9. The minimum atomic E-state index is -0.579. The molecular formula is C13H12BrClFNO. The fraction of sp³-hybridized carbons (Fsp3) is 0.231. The van der Waals surface area contributed by atoms with Crippen molar-refractivity contribution >= 4 is 27.5 Å². The van der Waals surface area contributed by atoms with Crippen LogP contribution in [-0.2, 0) is 6.42 Å². The van der Waals surface area contributed by atoms with Gasteiger partial charge in [-0.25, -0.2) is 4.39 Å². The molecule has 0 bridgehead atoms. The molecule has 0 spiro atoms. The summed E-state index contributed by atoms with van der Waals surface area (Å²) in [5, 5.41) is 0.0458. The molecule has 96 valence electrons. The third kappa shape index (κ3) is 2.32. The average Bonchev–Trinajstić information content (AvgIpc) is 2.83. The van der Waals surface area contributed by atoms with Crippen LogP contribution >= 0.6 is 27.5 Å². The van der Waals surface area contributed by atoms with Crippen LogP contribution in [0.4, 0.5) is 4.39 Å². The van der Waals surface area contributed by atoms with E-state index in [2.05, 4.69) is 15.9 Å². The predicted molar refractivity (Wildman–Crippen MR) is 73.2 cm³/mol. The Morgan fingerprint density at radius 3 is 2.78 bits per heavy atom. The van der Waals surface area contributed by atoms with E-state index in [4.69, 9.17) is 21.8 Å². The first kappa shape index (κ1) is 13.6. The zero-order valence-corrected chi connectivity index (χ0v) is 12.1. The number of benzene rings is 1. The average molecular weight is 333 g/mol. The van der Waals surface area contributed by atoms with Gasteiger partial charge in [-0.1, -0.05) is 24.6 Å². The van der Waals surface area contributed by atoms with Crippen LogP contribution in [0.2, 0.25) is 5.02 Å². The molecule has 5 heteroatoms. The number of nitrogens with two attached hydrogens (primary N) is 1. The number of rotatable bonds is 3. The smallest absolute Gasteiger partial charge is 0.148 e. The number of aryl methyl sites for hydroxylation is 1. The van der Waals surface area contributed by atoms with Gasteiger partial charge in [0.25, 0.3) is 0 Å². The Balaban J connectivity index is 2.46. The van der Waals surface area contributed by atoms with Crippen molar-refractivity contribution in [3.63, 3.8) is 0 Å². The highest BCUT2D eigenvalue weighted by molar-refractivity contribution is 9.10. The normalized spacial score (nSPS) is 12.7. The van der Waals surface area contributed by atoms with E-state index in [-0.39, 0.29) is 5.02 Å². The van der Waals surface area contributed by atoms with Crippen molar-refractivity contribution in [2.24, 2.45) is 5.73 Å². The second kappa shape index (κ2) is 5.43. The number of hydrogen-bond donors (Lipinski definition) is 1. The molecule has 1 unspecified atom stereocenters. The van der Waals surface area contributed by atoms with Crippen molar-refractivity contribution in [2.45, 2.75) is 19.4 Å². The van der Waals surface area contributed by atoms with Gasteiger partial charge in [0, 0.05) is 22.0 Å². The standard InChI is InChI=1S/C13H12BrClFNO/c1-2-10-7(5-6-18-10)13(17)8-3-4-9(14)11(15)12(8)16/h3-6,13H,2,17H2,1H3. The van der Waals surface area contributed by atoms with Gasteiger partial charge in [0.15, 0.2) is 0 Å². The molecule has 0 amide bonds. The third-order valence-electron chi connectivity index (χ3n) is 2.84. The molecule has 1 aromatic carbocycles. The Kier molecular flexibility index (Phi) is 4.10. The second-order valence-electron chi connectivity index (χ2n) is 3.89. The van der Waals surface area contributed by atoms with Gasteiger partial charge in [-0.2, -0.15) is 0 Å². The van der Waals surface area contributed by atoms with E-state index in [0.29, 0.717) is 16.5 Å². The molecule has 0 aliphatic rings. The fourth-order valence-electron chi connectivity index (χ4n) is 1.86. The van der Waals surface area contributed by atoms with E-state index in [1.807, 2.05) is 6.92 Å². The third-order valence-corrected chi connectivity index (χ3v) is 4.09. The Bertz CT molecular complexity index is 570. The Hall–Kier alpha value is -0.840. The molecule has 0 fully saturated rings. The zero-order valence-electron chi connectivity index (χ0n) is 9.71. The van der Waals surface area contributed by atoms with E-state index >= 15 is 0 Å². The van der Waals surface area contributed by atoms with Crippen molar-refractivity contribution in [3.8, 4) is 0 Å². The largest absolute Gasteiger partial charge is 0.469 e. The Morgan fingerprint density at radius 2 is 2.11 bits per heavy atom. The van der Waals surface area contributed by atoms with Gasteiger partial charge >= 0.3 is 0 Å². The highest BCUT2D eigenvalue weighted by atomic mass is 79.9. The lowest BCUT2D eigenvalue weighted by molar-refractivity contribution is 0.507. The SMILES string of the molecule is CCc1occc1C(N)c1ccc(Br)c(Cl)c1F. The monoisotopic (exact) mass is 331 g/mol. The quantitative estimate of drug-likeness (QED) is 0.844. The Labute approximate surface area is 118 Å². The van der Waals surface area contributed by atoms with E-state index in [0.717, 1.165) is 11.3 Å². The molecule has 0 aliphatic heterocycles. The molecule has 0 aliphatic carbocycles. The van der Waals surface area contributed by atoms with Gasteiger partial charge in [-0.3, -0.25) is 0 Å². The molecule has 1 aromatic heterocycles. The Morgan fingerprint density at radius 1 is 1.39 bits per heavy atom. The number of hydrogen-bond acceptors (Lipinski definition) is 2. The van der Waals surface area contributed by atoms with E-state index in [9.17, 15) is 4.39 Å². The van der Waals surface area contributed by atoms with Gasteiger partial charge in [0.2, 0.25) is 0 Å². The highest BCUT2D eigenvalue weighted by Gasteiger charge is 2.20. The first-order valence-corrected chi connectivity index (χ1v) is 6.68. The summed E-state index contributed by atoms with van der Waals surface area (Å²) in [7, 11) is 0. The van der Waals surface area contributed by atoms with Crippen LogP contribution in [0.15, 0.2) is 33.4 Å². The molecule has 2 nitrogen and oxygen atoms in total. The summed E-state index contributed by atoms with van der Waals surface area (Å²) in [6.45, 7) is 1.96. The van der Waals surface area contributed by atoms with Crippen LogP contribution in [0, 0.1) is 5.82 Å². The maximum Gasteiger partial charge on any atom is 0.148 e. The van der Waals surface area contributed by atoms with Crippen LogP contribution < -0.4 is 5.73 Å². The minimum absolute atomic E-state index is 0.0458. The molecule has 0 radical (unpaired) electrons. The molecule has 2 rings (SSSR count). The maximum absolute atomic E-state index is 14.1. The number of halogens is 3. The summed E-state index contributed by atoms with van der Waals surface area (Å²) in [6.07, 6.45) is 2.27. The summed E-state index contributed by atoms with van der Waals surface area (Å²) in [6, 6.07) is 4.50. The molecule has 0 saturated carbocycles. The van der Waals surface area contributed by atoms with Crippen molar-refractivity contribution in [1.82, 2.24) is 0 Å². The molecule has 1 heterocycles. The molecular weight excluding hydrogens is 321 g/mol. The van der Waals surface area contributed by atoms with Gasteiger partial charge < -0.3 is 10.2 Å². The second-order valence-corrected chi connectivity index (χ2v) is 5.13. The van der Waals surface area contributed by atoms with Crippen molar-refractivity contribution in [1.29, 1.82) is 0 Å². The first-order valence-electron chi connectivity index (χ1n) is 5.51. The van der Waals surface area contributed by atoms with Crippen LogP contribution in [0.3, 0.4) is 0 Å². The summed E-state index contributed by atoms with van der Waals surface area (Å²) in [5.41, 5.74) is 7.23. The van der Waals surface area contributed by atoms with Gasteiger partial charge in [0.05, 0.1) is 17.3 Å². The topological polar surface area (TPSA) is 39.2 Å². The van der Waals surface area contributed by atoms with Crippen molar-refractivity contribution in [3.05, 3.63) is 56.7 Å². The lowest BCUT2D eigenvalue weighted by Crippen LogP contribution is -2.14. The lowest BCUT2D eigenvalue weighted by Gasteiger charge is -2.14. The minimum Gasteiger partial charge on any atom is -0.469 e. The van der Waals surface area contributed by atoms with E-state index < -0.39 is 11.9 Å². The molecule has 0 saturated heterocycles. The van der Waals surface area contributed by atoms with E-state index in [1.165, 1.54) is 0 Å². The maximum atomic E-state index is 14.1. The lowest BCUT2D eigenvalue weighted by atomic mass is 9.99. The number of furan rings is 1. The van der Waals surface area contributed by atoms with Crippen LogP contribution in [-0.4, -0.2) is 0 Å². The molecule has 18 heavy (non-hydrogen) atoms. The summed E-state index contributed by atoms with van der Waals surface area (Å²) >= 11 is 9.04. The van der Waals surface area contributed by atoms with Crippen LogP contribution in [0.5, 0.6) is 0 Å². The molecule has 1 atom stereocenters. The van der Waals surface area contributed by atoms with Crippen LogP contribution in [0.25, 0.3) is 0 Å². The first-order chi connectivity index (χ1) is 8.56. The van der Waals surface area contributed by atoms with Gasteiger partial charge in [-0.05, 0) is 28.1 Å². The molecule has 2 N–H and O–H groups in total. The zero-order chi connectivity index (χ0) is 13.3. The predicted octanol–water partition coefficient (Wildman–Crippen LogP) is 4.45. The summed E-state index contributed by atoms with van der Waals surface area (Å²) in [4.78, 5) is 0. The highest BCUT2D eigenvalue weighted by Crippen LogP contribution is 2.33. The summed E-state index contributed by atoms with van der Waals surface area (Å²) in [5.74, 6) is 0.266. The van der Waals surface area contributed by atoms with Crippen LogP contribution in [0.1, 0.15) is 29.9 Å².